The SMILES string of the molecule is CC(Cl)C1(Cc2c(F)cccc2Cl)CC1. The highest BCUT2D eigenvalue weighted by Gasteiger charge is 2.47. The average Bonchev–Trinajstić information content (AvgIpc) is 2.93. The molecule has 15 heavy (non-hydrogen) atoms. The summed E-state index contributed by atoms with van der Waals surface area (Å²) < 4.78 is 13.5. The molecule has 0 saturated heterocycles. The molecule has 0 heterocycles. The first-order valence-electron chi connectivity index (χ1n) is 5.12. The van der Waals surface area contributed by atoms with Gasteiger partial charge in [0.15, 0.2) is 0 Å². The van der Waals surface area contributed by atoms with Gasteiger partial charge in [-0.25, -0.2) is 4.39 Å². The molecule has 1 aromatic carbocycles. The molecule has 1 atom stereocenters. The minimum atomic E-state index is -0.217. The molecule has 1 aliphatic rings. The Labute approximate surface area is 99.4 Å². The van der Waals surface area contributed by atoms with Crippen molar-refractivity contribution in [3.8, 4) is 0 Å². The quantitative estimate of drug-likeness (QED) is 0.693. The van der Waals surface area contributed by atoms with Crippen LogP contribution < -0.4 is 0 Å². The van der Waals surface area contributed by atoms with Gasteiger partial charge in [0.05, 0.1) is 0 Å². The first-order chi connectivity index (χ1) is 7.05. The maximum Gasteiger partial charge on any atom is 0.127 e. The van der Waals surface area contributed by atoms with Crippen molar-refractivity contribution in [2.45, 2.75) is 31.6 Å². The molecule has 0 aromatic heterocycles. The van der Waals surface area contributed by atoms with Crippen LogP contribution in [0, 0.1) is 11.2 Å². The Morgan fingerprint density at radius 2 is 2.13 bits per heavy atom. The van der Waals surface area contributed by atoms with Crippen LogP contribution in [0.1, 0.15) is 25.3 Å². The lowest BCUT2D eigenvalue weighted by Gasteiger charge is -2.18. The highest BCUT2D eigenvalue weighted by Crippen LogP contribution is 2.53. The summed E-state index contributed by atoms with van der Waals surface area (Å²) in [4.78, 5) is 0. The van der Waals surface area contributed by atoms with Crippen LogP contribution in [0.4, 0.5) is 4.39 Å². The van der Waals surface area contributed by atoms with Gasteiger partial charge in [-0.2, -0.15) is 0 Å². The molecule has 0 bridgehead atoms. The van der Waals surface area contributed by atoms with Gasteiger partial charge in [-0.1, -0.05) is 17.7 Å². The Kier molecular flexibility index (Phi) is 2.96. The van der Waals surface area contributed by atoms with Gasteiger partial charge in [-0.05, 0) is 43.7 Å². The Bertz CT molecular complexity index is 350. The molecular weight excluding hydrogens is 234 g/mol. The van der Waals surface area contributed by atoms with E-state index in [0.29, 0.717) is 17.0 Å². The number of halogens is 3. The molecule has 1 unspecified atom stereocenters. The zero-order valence-corrected chi connectivity index (χ0v) is 10.1. The maximum absolute atomic E-state index is 13.5. The van der Waals surface area contributed by atoms with Crippen molar-refractivity contribution >= 4 is 23.2 Å². The summed E-state index contributed by atoms with van der Waals surface area (Å²) in [6.07, 6.45) is 2.80. The van der Waals surface area contributed by atoms with E-state index in [1.54, 1.807) is 12.1 Å². The number of rotatable bonds is 3. The zero-order chi connectivity index (χ0) is 11.1. The molecular formula is C12H13Cl2F. The van der Waals surface area contributed by atoms with E-state index in [9.17, 15) is 4.39 Å². The van der Waals surface area contributed by atoms with Crippen molar-refractivity contribution in [1.29, 1.82) is 0 Å². The normalized spacial score (nSPS) is 20.0. The summed E-state index contributed by atoms with van der Waals surface area (Å²) in [6, 6.07) is 4.82. The van der Waals surface area contributed by atoms with E-state index in [4.69, 9.17) is 23.2 Å². The van der Waals surface area contributed by atoms with Crippen molar-refractivity contribution in [2.75, 3.05) is 0 Å². The molecule has 0 spiro atoms. The molecule has 0 nitrogen and oxygen atoms in total. The molecule has 1 aromatic rings. The third-order valence-electron chi connectivity index (χ3n) is 3.33. The third kappa shape index (κ3) is 2.14. The molecule has 82 valence electrons. The van der Waals surface area contributed by atoms with E-state index in [1.165, 1.54) is 6.07 Å². The van der Waals surface area contributed by atoms with Crippen LogP contribution in [0.2, 0.25) is 5.02 Å². The van der Waals surface area contributed by atoms with Crippen LogP contribution in [-0.4, -0.2) is 5.38 Å². The van der Waals surface area contributed by atoms with Crippen molar-refractivity contribution in [1.82, 2.24) is 0 Å². The molecule has 1 fully saturated rings. The zero-order valence-electron chi connectivity index (χ0n) is 8.56. The molecule has 3 heteroatoms. The number of hydrogen-bond donors (Lipinski definition) is 0. The van der Waals surface area contributed by atoms with E-state index >= 15 is 0 Å². The van der Waals surface area contributed by atoms with Crippen LogP contribution in [0.5, 0.6) is 0 Å². The summed E-state index contributed by atoms with van der Waals surface area (Å²) in [7, 11) is 0. The van der Waals surface area contributed by atoms with E-state index in [1.807, 2.05) is 6.92 Å². The third-order valence-corrected chi connectivity index (χ3v) is 4.14. The maximum atomic E-state index is 13.5. The Balaban J connectivity index is 2.25. The molecule has 0 radical (unpaired) electrons. The summed E-state index contributed by atoms with van der Waals surface area (Å²) in [6.45, 7) is 1.98. The van der Waals surface area contributed by atoms with Crippen LogP contribution in [0.25, 0.3) is 0 Å². The van der Waals surface area contributed by atoms with Crippen LogP contribution in [-0.2, 0) is 6.42 Å². The van der Waals surface area contributed by atoms with Gasteiger partial charge < -0.3 is 0 Å². The smallest absolute Gasteiger partial charge is 0.127 e. The van der Waals surface area contributed by atoms with Crippen molar-refractivity contribution in [3.63, 3.8) is 0 Å². The van der Waals surface area contributed by atoms with Gasteiger partial charge in [0.25, 0.3) is 0 Å². The fraction of sp³-hybridized carbons (Fsp3) is 0.500. The van der Waals surface area contributed by atoms with E-state index < -0.39 is 0 Å². The van der Waals surface area contributed by atoms with Gasteiger partial charge in [0.2, 0.25) is 0 Å². The lowest BCUT2D eigenvalue weighted by atomic mass is 9.93. The van der Waals surface area contributed by atoms with E-state index in [2.05, 4.69) is 0 Å². The van der Waals surface area contributed by atoms with E-state index in [-0.39, 0.29) is 16.6 Å². The fourth-order valence-electron chi connectivity index (χ4n) is 1.93. The Morgan fingerprint density at radius 3 is 2.60 bits per heavy atom. The number of hydrogen-bond acceptors (Lipinski definition) is 0. The minimum absolute atomic E-state index is 0.0768. The summed E-state index contributed by atoms with van der Waals surface area (Å²) in [5.41, 5.74) is 0.692. The van der Waals surface area contributed by atoms with Crippen molar-refractivity contribution in [3.05, 3.63) is 34.6 Å². The van der Waals surface area contributed by atoms with Crippen LogP contribution >= 0.6 is 23.2 Å². The molecule has 0 N–H and O–H groups in total. The standard InChI is InChI=1S/C12H13Cl2F/c1-8(13)12(5-6-12)7-9-10(14)3-2-4-11(9)15/h2-4,8H,5-7H2,1H3. The van der Waals surface area contributed by atoms with Crippen molar-refractivity contribution in [2.24, 2.45) is 5.41 Å². The molecule has 1 saturated carbocycles. The van der Waals surface area contributed by atoms with Gasteiger partial charge in [-0.3, -0.25) is 0 Å². The topological polar surface area (TPSA) is 0 Å². The average molecular weight is 247 g/mol. The monoisotopic (exact) mass is 246 g/mol. The minimum Gasteiger partial charge on any atom is -0.207 e. The first-order valence-corrected chi connectivity index (χ1v) is 5.93. The van der Waals surface area contributed by atoms with Gasteiger partial charge in [0, 0.05) is 16.0 Å². The van der Waals surface area contributed by atoms with Crippen molar-refractivity contribution < 1.29 is 4.39 Å². The first kappa shape index (κ1) is 11.2. The molecule has 1 aliphatic carbocycles. The van der Waals surface area contributed by atoms with Crippen LogP contribution in [0.3, 0.4) is 0 Å². The van der Waals surface area contributed by atoms with Gasteiger partial charge in [0.1, 0.15) is 5.82 Å². The predicted octanol–water partition coefficient (Wildman–Crippen LogP) is 4.43. The predicted molar refractivity (Wildman–Crippen MR) is 62.1 cm³/mol. The molecule has 0 amide bonds. The Morgan fingerprint density at radius 1 is 1.47 bits per heavy atom. The lowest BCUT2D eigenvalue weighted by molar-refractivity contribution is 0.480. The van der Waals surface area contributed by atoms with Gasteiger partial charge in [-0.15, -0.1) is 11.6 Å². The van der Waals surface area contributed by atoms with Gasteiger partial charge >= 0.3 is 0 Å². The number of benzene rings is 1. The summed E-state index contributed by atoms with van der Waals surface area (Å²) in [5, 5.41) is 0.590. The molecule has 2 rings (SSSR count). The second-order valence-corrected chi connectivity index (χ2v) is 5.42. The second-order valence-electron chi connectivity index (χ2n) is 4.36. The summed E-state index contributed by atoms with van der Waals surface area (Å²) in [5.74, 6) is -0.217. The number of alkyl halides is 1. The molecule has 0 aliphatic heterocycles. The Hall–Kier alpha value is -0.270. The van der Waals surface area contributed by atoms with E-state index in [0.717, 1.165) is 12.8 Å². The second kappa shape index (κ2) is 3.95. The largest absolute Gasteiger partial charge is 0.207 e. The fourth-order valence-corrected chi connectivity index (χ4v) is 2.45. The van der Waals surface area contributed by atoms with Crippen LogP contribution in [0.15, 0.2) is 18.2 Å². The lowest BCUT2D eigenvalue weighted by Crippen LogP contribution is -2.16. The highest BCUT2D eigenvalue weighted by molar-refractivity contribution is 6.31. The summed E-state index contributed by atoms with van der Waals surface area (Å²) >= 11 is 12.1. The highest BCUT2D eigenvalue weighted by atomic mass is 35.5.